The van der Waals surface area contributed by atoms with E-state index in [1.54, 1.807) is 11.0 Å². The standard InChI is InChI=1S/C19H18N8O2S/c1-2-29-13-3-4-14-15(5-13)30-19(24-14)25-18(28)12-7-26(8-12)16-6-17(22-10-21-16)27-11-20-9-23-27/h3-6,9-12H,2,7-8H2,1H3,(H,24,25,28). The Labute approximate surface area is 175 Å². The van der Waals surface area contributed by atoms with Gasteiger partial charge in [0.25, 0.3) is 0 Å². The lowest BCUT2D eigenvalue weighted by molar-refractivity contribution is -0.120. The minimum absolute atomic E-state index is 0.0408. The maximum atomic E-state index is 12.6. The molecule has 0 aliphatic carbocycles. The molecule has 11 heteroatoms. The quantitative estimate of drug-likeness (QED) is 0.503. The van der Waals surface area contributed by atoms with Crippen LogP contribution in [0.2, 0.25) is 0 Å². The van der Waals surface area contributed by atoms with E-state index in [1.807, 2.05) is 36.1 Å². The van der Waals surface area contributed by atoms with E-state index in [-0.39, 0.29) is 11.8 Å². The molecule has 4 aromatic rings. The first-order valence-electron chi connectivity index (χ1n) is 9.46. The van der Waals surface area contributed by atoms with Crippen LogP contribution in [0.3, 0.4) is 0 Å². The molecule has 3 aromatic heterocycles. The fraction of sp³-hybridized carbons (Fsp3) is 0.263. The topological polar surface area (TPSA) is 111 Å². The normalized spacial score (nSPS) is 14.0. The van der Waals surface area contributed by atoms with Gasteiger partial charge in [0.1, 0.15) is 30.5 Å². The van der Waals surface area contributed by atoms with E-state index in [0.717, 1.165) is 21.8 Å². The van der Waals surface area contributed by atoms with Gasteiger partial charge in [-0.2, -0.15) is 5.10 Å². The lowest BCUT2D eigenvalue weighted by Gasteiger charge is -2.38. The Morgan fingerprint density at radius 2 is 2.10 bits per heavy atom. The maximum absolute atomic E-state index is 12.6. The predicted octanol–water partition coefficient (Wildman–Crippen LogP) is 2.14. The number of nitrogens with one attached hydrogen (secondary N) is 1. The number of anilines is 2. The Morgan fingerprint density at radius 1 is 1.23 bits per heavy atom. The molecular weight excluding hydrogens is 404 g/mol. The fourth-order valence-electron chi connectivity index (χ4n) is 3.22. The van der Waals surface area contributed by atoms with Crippen molar-refractivity contribution in [1.82, 2.24) is 29.7 Å². The van der Waals surface area contributed by atoms with Gasteiger partial charge >= 0.3 is 0 Å². The first-order valence-corrected chi connectivity index (χ1v) is 10.3. The Bertz CT molecular complexity index is 1190. The Hall–Kier alpha value is -3.60. The second-order valence-electron chi connectivity index (χ2n) is 6.75. The summed E-state index contributed by atoms with van der Waals surface area (Å²) in [5, 5.41) is 7.60. The summed E-state index contributed by atoms with van der Waals surface area (Å²) in [7, 11) is 0. The molecule has 10 nitrogen and oxygen atoms in total. The second kappa shape index (κ2) is 7.67. The van der Waals surface area contributed by atoms with Crippen LogP contribution >= 0.6 is 11.3 Å². The van der Waals surface area contributed by atoms with E-state index in [0.29, 0.717) is 30.6 Å². The first-order chi connectivity index (χ1) is 14.7. The average molecular weight is 422 g/mol. The number of fused-ring (bicyclic) bond motifs is 1. The van der Waals surface area contributed by atoms with E-state index in [1.165, 1.54) is 24.0 Å². The molecular formula is C19H18N8O2S. The number of thiazole rings is 1. The molecule has 1 aromatic carbocycles. The molecule has 1 fully saturated rings. The lowest BCUT2D eigenvalue weighted by atomic mass is 9.99. The summed E-state index contributed by atoms with van der Waals surface area (Å²) in [6, 6.07) is 7.56. The van der Waals surface area contributed by atoms with Crippen LogP contribution in [0.5, 0.6) is 5.75 Å². The van der Waals surface area contributed by atoms with Gasteiger partial charge in [-0.05, 0) is 25.1 Å². The minimum atomic E-state index is -0.124. The second-order valence-corrected chi connectivity index (χ2v) is 7.78. The molecule has 152 valence electrons. The van der Waals surface area contributed by atoms with E-state index in [2.05, 4.69) is 30.4 Å². The van der Waals surface area contributed by atoms with Crippen LogP contribution in [0.4, 0.5) is 10.9 Å². The molecule has 0 spiro atoms. The summed E-state index contributed by atoms with van der Waals surface area (Å²) in [5.74, 6) is 2.02. The summed E-state index contributed by atoms with van der Waals surface area (Å²) in [6.07, 6.45) is 4.51. The van der Waals surface area contributed by atoms with Crippen LogP contribution in [0, 0.1) is 5.92 Å². The highest BCUT2D eigenvalue weighted by atomic mass is 32.1. The van der Waals surface area contributed by atoms with Gasteiger partial charge in [0.05, 0.1) is 22.7 Å². The van der Waals surface area contributed by atoms with Crippen molar-refractivity contribution in [3.63, 3.8) is 0 Å². The van der Waals surface area contributed by atoms with Gasteiger partial charge in [0.15, 0.2) is 10.9 Å². The summed E-state index contributed by atoms with van der Waals surface area (Å²) in [6.45, 7) is 3.72. The maximum Gasteiger partial charge on any atom is 0.232 e. The molecule has 5 rings (SSSR count). The Kier molecular flexibility index (Phi) is 4.71. The van der Waals surface area contributed by atoms with E-state index in [4.69, 9.17) is 4.74 Å². The molecule has 30 heavy (non-hydrogen) atoms. The molecule has 0 radical (unpaired) electrons. The van der Waals surface area contributed by atoms with Gasteiger partial charge in [-0.25, -0.2) is 24.6 Å². The third-order valence-electron chi connectivity index (χ3n) is 4.77. The van der Waals surface area contributed by atoms with Gasteiger partial charge < -0.3 is 15.0 Å². The average Bonchev–Trinajstić information content (AvgIpc) is 3.36. The van der Waals surface area contributed by atoms with Crippen molar-refractivity contribution >= 4 is 38.4 Å². The highest BCUT2D eigenvalue weighted by Crippen LogP contribution is 2.30. The number of nitrogens with zero attached hydrogens (tertiary/aromatic N) is 7. The third kappa shape index (κ3) is 3.54. The number of rotatable bonds is 6. The predicted molar refractivity (Wildman–Crippen MR) is 112 cm³/mol. The zero-order valence-corrected chi connectivity index (χ0v) is 16.9. The number of carbonyl (C=O) groups is 1. The molecule has 0 saturated carbocycles. The molecule has 1 saturated heterocycles. The number of amides is 1. The minimum Gasteiger partial charge on any atom is -0.494 e. The molecule has 0 bridgehead atoms. The molecule has 0 atom stereocenters. The van der Waals surface area contributed by atoms with Crippen LogP contribution in [0.1, 0.15) is 6.92 Å². The summed E-state index contributed by atoms with van der Waals surface area (Å²) in [4.78, 5) is 31.6. The number of carbonyl (C=O) groups excluding carboxylic acids is 1. The van der Waals surface area contributed by atoms with Crippen molar-refractivity contribution in [2.75, 3.05) is 29.9 Å². The number of ether oxygens (including phenoxy) is 1. The highest BCUT2D eigenvalue weighted by Gasteiger charge is 2.34. The molecule has 1 aliphatic heterocycles. The fourth-order valence-corrected chi connectivity index (χ4v) is 4.11. The van der Waals surface area contributed by atoms with E-state index in [9.17, 15) is 4.79 Å². The van der Waals surface area contributed by atoms with Crippen molar-refractivity contribution in [2.45, 2.75) is 6.92 Å². The molecule has 1 N–H and O–H groups in total. The number of hydrogen-bond donors (Lipinski definition) is 1. The zero-order valence-electron chi connectivity index (χ0n) is 16.1. The lowest BCUT2D eigenvalue weighted by Crippen LogP contribution is -2.52. The number of aromatic nitrogens is 6. The highest BCUT2D eigenvalue weighted by molar-refractivity contribution is 7.22. The van der Waals surface area contributed by atoms with Gasteiger partial charge in [0, 0.05) is 19.2 Å². The van der Waals surface area contributed by atoms with Crippen molar-refractivity contribution in [1.29, 1.82) is 0 Å². The van der Waals surface area contributed by atoms with Crippen molar-refractivity contribution in [3.8, 4) is 11.6 Å². The van der Waals surface area contributed by atoms with Crippen molar-refractivity contribution in [3.05, 3.63) is 43.2 Å². The van der Waals surface area contributed by atoms with Crippen LogP contribution in [-0.2, 0) is 4.79 Å². The van der Waals surface area contributed by atoms with Crippen LogP contribution < -0.4 is 15.0 Å². The Balaban J connectivity index is 1.22. The summed E-state index contributed by atoms with van der Waals surface area (Å²) in [5.41, 5.74) is 0.843. The van der Waals surface area contributed by atoms with E-state index >= 15 is 0 Å². The van der Waals surface area contributed by atoms with Gasteiger partial charge in [-0.15, -0.1) is 0 Å². The van der Waals surface area contributed by atoms with E-state index < -0.39 is 0 Å². The number of benzene rings is 1. The SMILES string of the molecule is CCOc1ccc2nc(NC(=O)C3CN(c4cc(-n5cncn5)ncn4)C3)sc2c1. The summed E-state index contributed by atoms with van der Waals surface area (Å²) < 4.78 is 8.07. The third-order valence-corrected chi connectivity index (χ3v) is 5.70. The van der Waals surface area contributed by atoms with Gasteiger partial charge in [0.2, 0.25) is 5.91 Å². The monoisotopic (exact) mass is 422 g/mol. The zero-order chi connectivity index (χ0) is 20.5. The smallest absolute Gasteiger partial charge is 0.232 e. The van der Waals surface area contributed by atoms with Crippen LogP contribution in [-0.4, -0.2) is 55.3 Å². The van der Waals surface area contributed by atoms with Crippen molar-refractivity contribution < 1.29 is 9.53 Å². The van der Waals surface area contributed by atoms with Gasteiger partial charge in [-0.1, -0.05) is 11.3 Å². The molecule has 4 heterocycles. The van der Waals surface area contributed by atoms with Gasteiger partial charge in [-0.3, -0.25) is 4.79 Å². The first kappa shape index (κ1) is 18.4. The summed E-state index contributed by atoms with van der Waals surface area (Å²) >= 11 is 1.44. The molecule has 1 aliphatic rings. The van der Waals surface area contributed by atoms with Crippen molar-refractivity contribution in [2.24, 2.45) is 5.92 Å². The number of hydrogen-bond acceptors (Lipinski definition) is 9. The molecule has 1 amide bonds. The Morgan fingerprint density at radius 3 is 2.90 bits per heavy atom. The van der Waals surface area contributed by atoms with Crippen LogP contribution in [0.15, 0.2) is 43.2 Å². The van der Waals surface area contributed by atoms with Crippen LogP contribution in [0.25, 0.3) is 16.0 Å². The largest absolute Gasteiger partial charge is 0.494 e. The molecule has 0 unspecified atom stereocenters.